The molecule has 0 aromatic rings. The molecule has 10 nitrogen and oxygen atoms in total. The summed E-state index contributed by atoms with van der Waals surface area (Å²) in [5, 5.41) is 65.3. The van der Waals surface area contributed by atoms with Crippen molar-refractivity contribution in [3.63, 3.8) is 0 Å². The predicted octanol–water partition coefficient (Wildman–Crippen LogP) is 2.09. The molecule has 2 bridgehead atoms. The van der Waals surface area contributed by atoms with Crippen molar-refractivity contribution in [1.29, 1.82) is 0 Å². The Labute approximate surface area is 266 Å². The summed E-state index contributed by atoms with van der Waals surface area (Å²) in [6.45, 7) is 12.6. The molecule has 17 atom stereocenters. The minimum Gasteiger partial charge on any atom is -0.396 e. The summed E-state index contributed by atoms with van der Waals surface area (Å²) in [7, 11) is 0. The van der Waals surface area contributed by atoms with Crippen LogP contribution in [0.25, 0.3) is 0 Å². The van der Waals surface area contributed by atoms with Crippen molar-refractivity contribution in [3.05, 3.63) is 0 Å². The van der Waals surface area contributed by atoms with Crippen LogP contribution < -0.4 is 0 Å². The van der Waals surface area contributed by atoms with Crippen LogP contribution in [0.4, 0.5) is 0 Å². The van der Waals surface area contributed by atoms with Crippen molar-refractivity contribution < 1.29 is 49.6 Å². The summed E-state index contributed by atoms with van der Waals surface area (Å²) in [5.41, 5.74) is -1.89. The zero-order valence-electron chi connectivity index (χ0n) is 27.8. The Morgan fingerprint density at radius 3 is 2.24 bits per heavy atom. The van der Waals surface area contributed by atoms with Gasteiger partial charge < -0.3 is 49.6 Å². The van der Waals surface area contributed by atoms with E-state index in [-0.39, 0.29) is 64.8 Å². The molecule has 0 aromatic carbocycles. The minimum atomic E-state index is -1.30. The first-order chi connectivity index (χ1) is 20.9. The van der Waals surface area contributed by atoms with E-state index in [0.29, 0.717) is 12.3 Å². The molecular formula is C35H56O10. The SMILES string of the molecule is CC(C)(O)[C@H]1O[C@@]23O[C@@H]1C[C@@H](CO)[C@@H]2[C@@]1(C)CC[C@@]24C[C@@]25CC[C@H](O[C@@H]2OC[C@@H](O)[C@H](O)[C@H]2O)C(C)(C)C5CC[C@H]4[C@]1(C)[C@H]3O. The van der Waals surface area contributed by atoms with E-state index >= 15 is 0 Å². The lowest BCUT2D eigenvalue weighted by Crippen LogP contribution is -2.61. The number of fused-ring (bicyclic) bond motifs is 4. The van der Waals surface area contributed by atoms with Crippen molar-refractivity contribution in [2.24, 2.45) is 50.7 Å². The molecule has 6 N–H and O–H groups in total. The number of hydrogen-bond donors (Lipinski definition) is 6. The van der Waals surface area contributed by atoms with Gasteiger partial charge in [-0.1, -0.05) is 27.7 Å². The van der Waals surface area contributed by atoms with Crippen LogP contribution in [0.3, 0.4) is 0 Å². The molecule has 1 unspecified atom stereocenters. The van der Waals surface area contributed by atoms with Crippen LogP contribution in [0.2, 0.25) is 0 Å². The highest BCUT2D eigenvalue weighted by Crippen LogP contribution is 2.90. The van der Waals surface area contributed by atoms with Crippen molar-refractivity contribution in [3.8, 4) is 0 Å². The molecule has 0 aromatic heterocycles. The van der Waals surface area contributed by atoms with E-state index in [2.05, 4.69) is 27.7 Å². The molecule has 8 fully saturated rings. The monoisotopic (exact) mass is 636 g/mol. The summed E-state index contributed by atoms with van der Waals surface area (Å²) >= 11 is 0. The van der Waals surface area contributed by atoms with Gasteiger partial charge in [-0.05, 0) is 105 Å². The summed E-state index contributed by atoms with van der Waals surface area (Å²) in [6.07, 6.45) is 0.888. The molecule has 256 valence electrons. The number of ether oxygens (including phenoxy) is 4. The van der Waals surface area contributed by atoms with Gasteiger partial charge in [0.15, 0.2) is 12.1 Å². The highest BCUT2D eigenvalue weighted by molar-refractivity contribution is 5.34. The lowest BCUT2D eigenvalue weighted by molar-refractivity contribution is -0.303. The maximum absolute atomic E-state index is 12.7. The van der Waals surface area contributed by atoms with E-state index in [1.54, 1.807) is 13.8 Å². The molecule has 8 rings (SSSR count). The van der Waals surface area contributed by atoms with Crippen molar-refractivity contribution >= 4 is 0 Å². The predicted molar refractivity (Wildman–Crippen MR) is 160 cm³/mol. The van der Waals surface area contributed by atoms with E-state index in [0.717, 1.165) is 44.9 Å². The van der Waals surface area contributed by atoms with E-state index in [1.807, 2.05) is 0 Å². The quantitative estimate of drug-likeness (QED) is 0.253. The first kappa shape index (κ1) is 31.8. The largest absolute Gasteiger partial charge is 0.396 e. The number of rotatable bonds is 4. The highest BCUT2D eigenvalue weighted by Gasteiger charge is 2.88. The third kappa shape index (κ3) is 3.61. The van der Waals surface area contributed by atoms with Gasteiger partial charge in [0.2, 0.25) is 0 Å². The van der Waals surface area contributed by atoms with Crippen LogP contribution in [0.15, 0.2) is 0 Å². The highest BCUT2D eigenvalue weighted by atomic mass is 16.8. The Balaban J connectivity index is 1.11. The second-order valence-corrected chi connectivity index (χ2v) is 18.2. The van der Waals surface area contributed by atoms with E-state index < -0.39 is 53.6 Å². The Bertz CT molecular complexity index is 1220. The van der Waals surface area contributed by atoms with Crippen molar-refractivity contribution in [1.82, 2.24) is 0 Å². The normalized spacial score (nSPS) is 61.1. The van der Waals surface area contributed by atoms with Crippen LogP contribution in [0.1, 0.15) is 92.9 Å². The van der Waals surface area contributed by atoms with Crippen molar-refractivity contribution in [2.45, 2.75) is 153 Å². The second-order valence-electron chi connectivity index (χ2n) is 18.2. The molecule has 0 radical (unpaired) electrons. The van der Waals surface area contributed by atoms with Crippen LogP contribution in [0.5, 0.6) is 0 Å². The molecule has 3 saturated heterocycles. The van der Waals surface area contributed by atoms with Gasteiger partial charge in [0.05, 0.1) is 24.4 Å². The van der Waals surface area contributed by atoms with E-state index in [9.17, 15) is 30.6 Å². The fraction of sp³-hybridized carbons (Fsp3) is 1.00. The average molecular weight is 637 g/mol. The zero-order chi connectivity index (χ0) is 32.3. The van der Waals surface area contributed by atoms with Gasteiger partial charge in [-0.15, -0.1) is 0 Å². The Kier molecular flexibility index (Phi) is 6.67. The summed E-state index contributed by atoms with van der Waals surface area (Å²) < 4.78 is 25.7. The third-order valence-corrected chi connectivity index (χ3v) is 15.9. The molecule has 3 spiro atoms. The third-order valence-electron chi connectivity index (χ3n) is 15.9. The van der Waals surface area contributed by atoms with Crippen LogP contribution in [-0.2, 0) is 18.9 Å². The Morgan fingerprint density at radius 2 is 1.56 bits per heavy atom. The lowest BCUT2D eigenvalue weighted by atomic mass is 9.41. The molecule has 8 aliphatic rings. The van der Waals surface area contributed by atoms with Gasteiger partial charge >= 0.3 is 0 Å². The van der Waals surface area contributed by atoms with Gasteiger partial charge in [-0.2, -0.15) is 0 Å². The zero-order valence-corrected chi connectivity index (χ0v) is 27.8. The first-order valence-electron chi connectivity index (χ1n) is 17.6. The summed E-state index contributed by atoms with van der Waals surface area (Å²) in [5.74, 6) is -0.802. The molecule has 0 amide bonds. The summed E-state index contributed by atoms with van der Waals surface area (Å²) in [6, 6.07) is 0. The Morgan fingerprint density at radius 1 is 0.867 bits per heavy atom. The fourth-order valence-electron chi connectivity index (χ4n) is 13.9. The van der Waals surface area contributed by atoms with Gasteiger partial charge in [0.1, 0.15) is 30.5 Å². The first-order valence-corrected chi connectivity index (χ1v) is 17.6. The lowest BCUT2D eigenvalue weighted by Gasteiger charge is -2.63. The van der Waals surface area contributed by atoms with Crippen LogP contribution in [0, 0.1) is 50.7 Å². The minimum absolute atomic E-state index is 0.0133. The van der Waals surface area contributed by atoms with E-state index in [1.165, 1.54) is 0 Å². The fourth-order valence-corrected chi connectivity index (χ4v) is 13.9. The van der Waals surface area contributed by atoms with Gasteiger partial charge in [0, 0.05) is 17.9 Å². The average Bonchev–Trinajstić information content (AvgIpc) is 3.50. The van der Waals surface area contributed by atoms with Gasteiger partial charge in [-0.25, -0.2) is 0 Å². The molecule has 5 aliphatic carbocycles. The molecular weight excluding hydrogens is 580 g/mol. The molecule has 10 heteroatoms. The number of aliphatic hydroxyl groups excluding tert-OH is 5. The smallest absolute Gasteiger partial charge is 0.199 e. The molecule has 3 heterocycles. The van der Waals surface area contributed by atoms with Crippen LogP contribution in [-0.4, -0.2) is 104 Å². The summed E-state index contributed by atoms with van der Waals surface area (Å²) in [4.78, 5) is 0. The Hall–Kier alpha value is -0.400. The standard InChI is InChI=1S/C35H56O10/c1-29(2)20-7-8-21-32(6)28(40)35-25(17(14-36)13-19(44-35)26(45-35)30(3,4)41)31(32,5)11-12-34(21)16-33(20,34)10-9-22(29)43-27-24(39)23(38)18(37)15-42-27/h17-28,36-41H,7-16H2,1-6H3/t17-,18+,19+,20?,21-,22-,23-,24+,25+,26-,27-,28+,31+,32+,33+,34-,35-/m0/s1. The maximum Gasteiger partial charge on any atom is 0.199 e. The molecule has 5 saturated carbocycles. The topological polar surface area (TPSA) is 158 Å². The van der Waals surface area contributed by atoms with E-state index in [4.69, 9.17) is 18.9 Å². The van der Waals surface area contributed by atoms with Crippen LogP contribution >= 0.6 is 0 Å². The number of hydrogen-bond acceptors (Lipinski definition) is 10. The van der Waals surface area contributed by atoms with Gasteiger partial charge in [-0.3, -0.25) is 0 Å². The maximum atomic E-state index is 12.7. The van der Waals surface area contributed by atoms with Gasteiger partial charge in [0.25, 0.3) is 0 Å². The number of aliphatic hydroxyl groups is 6. The molecule has 3 aliphatic heterocycles. The second kappa shape index (κ2) is 9.43. The molecule has 45 heavy (non-hydrogen) atoms. The van der Waals surface area contributed by atoms with Crippen molar-refractivity contribution in [2.75, 3.05) is 13.2 Å².